The Kier molecular flexibility index (Phi) is 5.01. The number of ether oxygens (including phenoxy) is 4. The number of hydrogen-bond donors (Lipinski definition) is 0. The first-order valence-electron chi connectivity index (χ1n) is 12.0. The molecule has 2 bridgehead atoms. The number of thiol groups is 1. The lowest BCUT2D eigenvalue weighted by atomic mass is 9.88. The maximum absolute atomic E-state index is 13.1. The summed E-state index contributed by atoms with van der Waals surface area (Å²) >= 11 is 0. The van der Waals surface area contributed by atoms with Crippen molar-refractivity contribution in [2.75, 3.05) is 6.61 Å². The summed E-state index contributed by atoms with van der Waals surface area (Å²) in [6, 6.07) is 15.5. The predicted octanol–water partition coefficient (Wildman–Crippen LogP) is 2.57. The molecule has 7 unspecified atom stereocenters. The molecule has 8 heteroatoms. The Morgan fingerprint density at radius 1 is 1.03 bits per heavy atom. The predicted molar refractivity (Wildman–Crippen MR) is 131 cm³/mol. The number of ketones is 1. The molecular formula is C28H23O7S+. The number of Topliss-reactive ketones (excluding diaryl/α,β-unsaturated/α-hetero) is 1. The second-order valence-corrected chi connectivity index (χ2v) is 11.7. The number of hydrogen-bond acceptors (Lipinski definition) is 7. The normalized spacial score (nSPS) is 32.8. The van der Waals surface area contributed by atoms with Gasteiger partial charge in [-0.05, 0) is 48.9 Å². The molecule has 0 spiro atoms. The summed E-state index contributed by atoms with van der Waals surface area (Å²) in [4.78, 5) is 40.7. The molecule has 0 radical (unpaired) electrons. The topological polar surface area (TPSA) is 88.1 Å². The first-order chi connectivity index (χ1) is 17.6. The number of esters is 2. The van der Waals surface area contributed by atoms with Gasteiger partial charge in [-0.25, -0.2) is 4.79 Å². The molecule has 2 aromatic rings. The van der Waals surface area contributed by atoms with Gasteiger partial charge < -0.3 is 18.9 Å². The third kappa shape index (κ3) is 3.32. The molecule has 7 atom stereocenters. The van der Waals surface area contributed by atoms with E-state index in [9.17, 15) is 14.4 Å². The van der Waals surface area contributed by atoms with Gasteiger partial charge in [-0.3, -0.25) is 9.59 Å². The van der Waals surface area contributed by atoms with E-state index in [0.717, 1.165) is 20.2 Å². The molecule has 36 heavy (non-hydrogen) atoms. The average molecular weight is 504 g/mol. The van der Waals surface area contributed by atoms with Gasteiger partial charge >= 0.3 is 11.9 Å². The van der Waals surface area contributed by atoms with Gasteiger partial charge in [0, 0.05) is 0 Å². The van der Waals surface area contributed by atoms with E-state index in [1.165, 1.54) is 0 Å². The van der Waals surface area contributed by atoms with Crippen LogP contribution in [0.5, 0.6) is 5.75 Å². The standard InChI is InChI=1S/C28H22O7S/c29-23(34-26-20-13-19-25(33-20)27(26)35-28(19)31)14-32-15-9-11-16(12-10-15)36-21-7-3-1-5-17(21)24(30)18-6-2-4-8-22(18)36/h1-12,17,19-20,25-27H,13-14H2/p+1. The quantitative estimate of drug-likeness (QED) is 0.268. The highest BCUT2D eigenvalue weighted by Gasteiger charge is 2.65. The Morgan fingerprint density at radius 2 is 1.86 bits per heavy atom. The van der Waals surface area contributed by atoms with Crippen molar-refractivity contribution >= 4 is 33.1 Å². The van der Waals surface area contributed by atoms with Crippen molar-refractivity contribution in [2.45, 2.75) is 40.6 Å². The van der Waals surface area contributed by atoms with Crippen LogP contribution in [0.25, 0.3) is 0 Å². The third-order valence-corrected chi connectivity index (χ3v) is 10.1. The van der Waals surface area contributed by atoms with Gasteiger partial charge in [-0.1, -0.05) is 40.8 Å². The Morgan fingerprint density at radius 3 is 2.72 bits per heavy atom. The number of carbonyl (C=O) groups excluding carboxylic acids is 3. The monoisotopic (exact) mass is 503 g/mol. The van der Waals surface area contributed by atoms with Crippen LogP contribution in [-0.4, -0.2) is 53.6 Å². The smallest absolute Gasteiger partial charge is 0.344 e. The van der Waals surface area contributed by atoms with Crippen LogP contribution in [-0.2, 0) is 34.3 Å². The van der Waals surface area contributed by atoms with Gasteiger partial charge in [0.05, 0.1) is 17.6 Å². The molecule has 5 aliphatic rings. The fourth-order valence-electron chi connectivity index (χ4n) is 5.84. The summed E-state index contributed by atoms with van der Waals surface area (Å²) in [7, 11) is -0.865. The van der Waals surface area contributed by atoms with Crippen molar-refractivity contribution in [3.05, 3.63) is 78.4 Å². The highest BCUT2D eigenvalue weighted by Crippen LogP contribution is 2.47. The van der Waals surface area contributed by atoms with Gasteiger partial charge in [0.25, 0.3) is 0 Å². The first kappa shape index (κ1) is 21.8. The molecular weight excluding hydrogens is 480 g/mol. The van der Waals surface area contributed by atoms with E-state index in [0.29, 0.717) is 12.2 Å². The van der Waals surface area contributed by atoms with Crippen LogP contribution in [0.2, 0.25) is 0 Å². The van der Waals surface area contributed by atoms with E-state index < -0.39 is 28.7 Å². The Labute approximate surface area is 209 Å². The minimum absolute atomic E-state index is 0.141. The number of rotatable bonds is 5. The summed E-state index contributed by atoms with van der Waals surface area (Å²) in [6.45, 7) is -0.254. The SMILES string of the molecule is O=C(COc1ccc([SH+]2=C3C=CC=CC3C(=O)c3ccccc32)cc1)OC1C2CC3C(=O)OC1C3O2. The summed E-state index contributed by atoms with van der Waals surface area (Å²) in [6.07, 6.45) is 6.80. The fraction of sp³-hybridized carbons (Fsp3) is 0.286. The molecule has 3 fully saturated rings. The lowest BCUT2D eigenvalue weighted by Crippen LogP contribution is -2.40. The van der Waals surface area contributed by atoms with Crippen molar-refractivity contribution in [2.24, 2.45) is 11.8 Å². The van der Waals surface area contributed by atoms with Crippen LogP contribution in [0, 0.1) is 11.8 Å². The van der Waals surface area contributed by atoms with Crippen LogP contribution in [0.4, 0.5) is 0 Å². The van der Waals surface area contributed by atoms with Gasteiger partial charge in [0.2, 0.25) is 0 Å². The highest BCUT2D eigenvalue weighted by molar-refractivity contribution is 7.97. The van der Waals surface area contributed by atoms with E-state index in [1.807, 2.05) is 66.8 Å². The number of allylic oxidation sites excluding steroid dienone is 4. The number of fused-ring (bicyclic) bond motifs is 3. The van der Waals surface area contributed by atoms with Crippen LogP contribution < -0.4 is 4.74 Å². The summed E-state index contributed by atoms with van der Waals surface area (Å²) in [5, 5.41) is 0. The lowest BCUT2D eigenvalue weighted by Gasteiger charge is -2.23. The Balaban J connectivity index is 1.06. The highest BCUT2D eigenvalue weighted by atomic mass is 32.2. The second-order valence-electron chi connectivity index (χ2n) is 9.48. The first-order valence-corrected chi connectivity index (χ1v) is 13.4. The van der Waals surface area contributed by atoms with Gasteiger partial charge in [0.15, 0.2) is 24.6 Å². The molecule has 7 nitrogen and oxygen atoms in total. The second kappa shape index (κ2) is 8.28. The van der Waals surface area contributed by atoms with Crippen LogP contribution in [0.3, 0.4) is 0 Å². The van der Waals surface area contributed by atoms with Crippen LogP contribution in [0.15, 0.2) is 82.6 Å². The molecule has 2 aromatic carbocycles. The molecule has 0 aromatic heterocycles. The molecule has 1 aliphatic carbocycles. The zero-order valence-electron chi connectivity index (χ0n) is 19.1. The van der Waals surface area contributed by atoms with Gasteiger partial charge in [-0.15, -0.1) is 0 Å². The minimum atomic E-state index is -0.865. The van der Waals surface area contributed by atoms with E-state index in [2.05, 4.69) is 6.08 Å². The molecule has 0 amide bonds. The molecule has 0 saturated carbocycles. The van der Waals surface area contributed by atoms with Gasteiger partial charge in [-0.2, -0.15) is 0 Å². The molecule has 7 rings (SSSR count). The fourth-order valence-corrected chi connectivity index (χ4v) is 8.52. The van der Waals surface area contributed by atoms with E-state index in [4.69, 9.17) is 18.9 Å². The number of carbonyl (C=O) groups is 3. The summed E-state index contributed by atoms with van der Waals surface area (Å²) in [5.41, 5.74) is 0.782. The van der Waals surface area contributed by atoms with E-state index in [1.54, 1.807) is 0 Å². The summed E-state index contributed by atoms with van der Waals surface area (Å²) < 4.78 is 22.3. The zero-order chi connectivity index (χ0) is 24.4. The lowest BCUT2D eigenvalue weighted by molar-refractivity contribution is -0.162. The van der Waals surface area contributed by atoms with Crippen molar-refractivity contribution in [1.29, 1.82) is 0 Å². The number of benzene rings is 2. The van der Waals surface area contributed by atoms with Crippen molar-refractivity contribution in [3.8, 4) is 5.75 Å². The van der Waals surface area contributed by atoms with Crippen LogP contribution in [0.1, 0.15) is 16.8 Å². The van der Waals surface area contributed by atoms with Gasteiger partial charge in [0.1, 0.15) is 32.4 Å². The molecule has 3 saturated heterocycles. The maximum atomic E-state index is 13.1. The largest absolute Gasteiger partial charge is 0.482 e. The van der Waals surface area contributed by atoms with Crippen molar-refractivity contribution in [1.82, 2.24) is 0 Å². The Hall–Kier alpha value is -3.49. The average Bonchev–Trinajstić information content (AvgIpc) is 3.54. The molecule has 0 N–H and O–H groups in total. The molecule has 4 aliphatic heterocycles. The van der Waals surface area contributed by atoms with Crippen LogP contribution >= 0.6 is 0 Å². The molecule has 182 valence electrons. The zero-order valence-corrected chi connectivity index (χ0v) is 20.0. The Bertz CT molecular complexity index is 1390. The van der Waals surface area contributed by atoms with E-state index in [-0.39, 0.29) is 42.4 Å². The minimum Gasteiger partial charge on any atom is -0.482 e. The summed E-state index contributed by atoms with van der Waals surface area (Å²) in [5.74, 6) is -0.564. The van der Waals surface area contributed by atoms with Crippen molar-refractivity contribution in [3.63, 3.8) is 0 Å². The van der Waals surface area contributed by atoms with E-state index >= 15 is 0 Å². The molecule has 4 heterocycles. The van der Waals surface area contributed by atoms with Crippen molar-refractivity contribution < 1.29 is 33.3 Å². The third-order valence-electron chi connectivity index (χ3n) is 7.45. The maximum Gasteiger partial charge on any atom is 0.344 e.